The van der Waals surface area contributed by atoms with Gasteiger partial charge in [-0.2, -0.15) is 0 Å². The van der Waals surface area contributed by atoms with Gasteiger partial charge in [0.15, 0.2) is 0 Å². The van der Waals surface area contributed by atoms with Crippen molar-refractivity contribution in [3.63, 3.8) is 0 Å². The number of carbonyl (C=O) groups excluding carboxylic acids is 1. The normalized spacial score (nSPS) is 14.8. The van der Waals surface area contributed by atoms with Crippen molar-refractivity contribution in [2.24, 2.45) is 0 Å². The first-order chi connectivity index (χ1) is 8.63. The van der Waals surface area contributed by atoms with Gasteiger partial charge in [-0.25, -0.2) is 0 Å². The summed E-state index contributed by atoms with van der Waals surface area (Å²) in [5, 5.41) is 4.43. The summed E-state index contributed by atoms with van der Waals surface area (Å²) >= 11 is 5.99. The van der Waals surface area contributed by atoms with Gasteiger partial charge in [0.05, 0.1) is 11.1 Å². The zero-order valence-electron chi connectivity index (χ0n) is 10.0. The largest absolute Gasteiger partial charge is 0.349 e. The number of aromatic nitrogens is 1. The van der Waals surface area contributed by atoms with E-state index in [9.17, 15) is 4.79 Å². The van der Waals surface area contributed by atoms with Crippen molar-refractivity contribution in [1.82, 2.24) is 10.3 Å². The van der Waals surface area contributed by atoms with E-state index in [0.29, 0.717) is 16.6 Å². The summed E-state index contributed by atoms with van der Waals surface area (Å²) in [5.41, 5.74) is 2.30. The third-order valence-corrected chi connectivity index (χ3v) is 3.29. The lowest BCUT2D eigenvalue weighted by Crippen LogP contribution is -2.25. The summed E-state index contributed by atoms with van der Waals surface area (Å²) in [6.07, 6.45) is 2.16. The van der Waals surface area contributed by atoms with Gasteiger partial charge in [0, 0.05) is 22.1 Å². The highest BCUT2D eigenvalue weighted by Crippen LogP contribution is 2.24. The van der Waals surface area contributed by atoms with Crippen LogP contribution >= 0.6 is 11.6 Å². The molecule has 1 amide bonds. The van der Waals surface area contributed by atoms with Crippen molar-refractivity contribution in [2.45, 2.75) is 25.8 Å². The topological polar surface area (TPSA) is 42.0 Å². The molecule has 1 aromatic heterocycles. The molecule has 0 atom stereocenters. The number of fused-ring (bicyclic) bond motifs is 1. The maximum atomic E-state index is 12.2. The lowest BCUT2D eigenvalue weighted by atomic mass is 10.1. The average molecular weight is 261 g/mol. The molecule has 1 saturated carbocycles. The Bertz CT molecular complexity index is 635. The van der Waals surface area contributed by atoms with E-state index in [1.165, 1.54) is 0 Å². The van der Waals surface area contributed by atoms with E-state index in [-0.39, 0.29) is 5.91 Å². The number of pyridine rings is 1. The predicted octanol–water partition coefficient (Wildman–Crippen LogP) is 3.09. The number of aryl methyl sites for hydroxylation is 1. The second-order valence-corrected chi connectivity index (χ2v) is 5.16. The number of hydrogen-bond acceptors (Lipinski definition) is 2. The van der Waals surface area contributed by atoms with Crippen molar-refractivity contribution < 1.29 is 4.79 Å². The third kappa shape index (κ3) is 2.18. The van der Waals surface area contributed by atoms with Crippen LogP contribution in [0, 0.1) is 6.92 Å². The highest BCUT2D eigenvalue weighted by molar-refractivity contribution is 6.31. The molecule has 1 aliphatic carbocycles. The number of halogens is 1. The van der Waals surface area contributed by atoms with Crippen molar-refractivity contribution in [1.29, 1.82) is 0 Å². The predicted molar refractivity (Wildman–Crippen MR) is 72.0 cm³/mol. The van der Waals surface area contributed by atoms with Gasteiger partial charge in [0.2, 0.25) is 0 Å². The Morgan fingerprint density at radius 2 is 2.17 bits per heavy atom. The molecule has 1 aromatic carbocycles. The summed E-state index contributed by atoms with van der Waals surface area (Å²) in [7, 11) is 0. The van der Waals surface area contributed by atoms with E-state index in [4.69, 9.17) is 11.6 Å². The smallest absolute Gasteiger partial charge is 0.252 e. The Balaban J connectivity index is 2.12. The number of amides is 1. The van der Waals surface area contributed by atoms with Crippen LogP contribution in [0.2, 0.25) is 5.02 Å². The van der Waals surface area contributed by atoms with Crippen molar-refractivity contribution in [3.8, 4) is 0 Å². The molecule has 3 rings (SSSR count). The van der Waals surface area contributed by atoms with E-state index in [1.54, 1.807) is 12.1 Å². The monoisotopic (exact) mass is 260 g/mol. The molecule has 0 bridgehead atoms. The maximum absolute atomic E-state index is 12.2. The van der Waals surface area contributed by atoms with Gasteiger partial charge in [0.1, 0.15) is 0 Å². The van der Waals surface area contributed by atoms with Crippen LogP contribution in [0.3, 0.4) is 0 Å². The molecule has 0 spiro atoms. The summed E-state index contributed by atoms with van der Waals surface area (Å²) in [5.74, 6) is -0.0322. The maximum Gasteiger partial charge on any atom is 0.252 e. The molecular formula is C14H13ClN2O. The fraction of sp³-hybridized carbons (Fsp3) is 0.286. The molecule has 1 aliphatic rings. The van der Waals surface area contributed by atoms with Gasteiger partial charge in [0.25, 0.3) is 5.91 Å². The first-order valence-corrected chi connectivity index (χ1v) is 6.39. The molecule has 0 radical (unpaired) electrons. The summed E-state index contributed by atoms with van der Waals surface area (Å²) in [4.78, 5) is 16.6. The van der Waals surface area contributed by atoms with Crippen molar-refractivity contribution in [2.75, 3.05) is 0 Å². The van der Waals surface area contributed by atoms with Crippen LogP contribution in [0.1, 0.15) is 28.9 Å². The van der Waals surface area contributed by atoms with E-state index in [2.05, 4.69) is 10.3 Å². The average Bonchev–Trinajstić information content (AvgIpc) is 3.12. The number of hydrogen-bond donors (Lipinski definition) is 1. The minimum absolute atomic E-state index is 0.0322. The van der Waals surface area contributed by atoms with E-state index < -0.39 is 0 Å². The fourth-order valence-electron chi connectivity index (χ4n) is 2.01. The Labute approximate surface area is 110 Å². The molecule has 2 aromatic rings. The second kappa shape index (κ2) is 4.25. The zero-order chi connectivity index (χ0) is 12.7. The van der Waals surface area contributed by atoms with Gasteiger partial charge >= 0.3 is 0 Å². The van der Waals surface area contributed by atoms with Crippen LogP contribution in [0.25, 0.3) is 10.9 Å². The number of nitrogens with one attached hydrogen (secondary N) is 1. The first-order valence-electron chi connectivity index (χ1n) is 6.01. The zero-order valence-corrected chi connectivity index (χ0v) is 10.8. The second-order valence-electron chi connectivity index (χ2n) is 4.72. The standard InChI is InChI=1S/C14H13ClN2O/c1-8-6-12(14(18)17-10-3-4-10)11-7-9(15)2-5-13(11)16-8/h2,5-7,10H,3-4H2,1H3,(H,17,18). The molecule has 18 heavy (non-hydrogen) atoms. The molecule has 0 saturated heterocycles. The van der Waals surface area contributed by atoms with Gasteiger partial charge < -0.3 is 5.32 Å². The fourth-order valence-corrected chi connectivity index (χ4v) is 2.18. The quantitative estimate of drug-likeness (QED) is 0.902. The van der Waals surface area contributed by atoms with Crippen LogP contribution in [0.5, 0.6) is 0 Å². The van der Waals surface area contributed by atoms with Gasteiger partial charge in [-0.1, -0.05) is 11.6 Å². The Hall–Kier alpha value is -1.61. The van der Waals surface area contributed by atoms with Gasteiger partial charge in [-0.15, -0.1) is 0 Å². The van der Waals surface area contributed by atoms with Crippen molar-refractivity contribution >= 4 is 28.4 Å². The molecule has 0 unspecified atom stereocenters. The number of rotatable bonds is 2. The lowest BCUT2D eigenvalue weighted by molar-refractivity contribution is 0.0952. The Kier molecular flexibility index (Phi) is 2.71. The SMILES string of the molecule is Cc1cc(C(=O)NC2CC2)c2cc(Cl)ccc2n1. The van der Waals surface area contributed by atoms with Crippen LogP contribution in [-0.4, -0.2) is 16.9 Å². The number of benzene rings is 1. The van der Waals surface area contributed by atoms with E-state index >= 15 is 0 Å². The van der Waals surface area contributed by atoms with Crippen LogP contribution < -0.4 is 5.32 Å². The van der Waals surface area contributed by atoms with Crippen LogP contribution in [-0.2, 0) is 0 Å². The minimum Gasteiger partial charge on any atom is -0.349 e. The lowest BCUT2D eigenvalue weighted by Gasteiger charge is -2.08. The Morgan fingerprint density at radius 3 is 2.89 bits per heavy atom. The number of nitrogens with zero attached hydrogens (tertiary/aromatic N) is 1. The Morgan fingerprint density at radius 1 is 1.39 bits per heavy atom. The van der Waals surface area contributed by atoms with Gasteiger partial charge in [-0.05, 0) is 44.0 Å². The molecule has 1 N–H and O–H groups in total. The highest BCUT2D eigenvalue weighted by atomic mass is 35.5. The summed E-state index contributed by atoms with van der Waals surface area (Å²) in [6.45, 7) is 1.89. The molecule has 1 fully saturated rings. The van der Waals surface area contributed by atoms with E-state index in [0.717, 1.165) is 29.4 Å². The molecular weight excluding hydrogens is 248 g/mol. The van der Waals surface area contributed by atoms with Gasteiger partial charge in [-0.3, -0.25) is 9.78 Å². The highest BCUT2D eigenvalue weighted by Gasteiger charge is 2.24. The molecule has 1 heterocycles. The molecule has 92 valence electrons. The van der Waals surface area contributed by atoms with Crippen LogP contribution in [0.15, 0.2) is 24.3 Å². The number of carbonyl (C=O) groups is 1. The first kappa shape index (κ1) is 11.5. The molecule has 4 heteroatoms. The van der Waals surface area contributed by atoms with E-state index in [1.807, 2.05) is 19.1 Å². The molecule has 3 nitrogen and oxygen atoms in total. The summed E-state index contributed by atoms with van der Waals surface area (Å²) < 4.78 is 0. The minimum atomic E-state index is -0.0322. The van der Waals surface area contributed by atoms with Crippen molar-refractivity contribution in [3.05, 3.63) is 40.5 Å². The third-order valence-electron chi connectivity index (χ3n) is 3.06. The summed E-state index contributed by atoms with van der Waals surface area (Å²) in [6, 6.07) is 7.60. The van der Waals surface area contributed by atoms with Crippen LogP contribution in [0.4, 0.5) is 0 Å². The molecule has 0 aliphatic heterocycles.